The van der Waals surface area contributed by atoms with Crippen LogP contribution in [-0.2, 0) is 9.53 Å². The van der Waals surface area contributed by atoms with Gasteiger partial charge in [0.2, 0.25) is 5.91 Å². The Morgan fingerprint density at radius 3 is 2.46 bits per heavy atom. The summed E-state index contributed by atoms with van der Waals surface area (Å²) < 4.78 is 5.76. The Balaban J connectivity index is 1.57. The quantitative estimate of drug-likeness (QED) is 0.666. The van der Waals surface area contributed by atoms with Crippen LogP contribution in [0.4, 0.5) is 0 Å². The molecule has 2 aliphatic rings. The molecule has 1 amide bonds. The molecule has 5 heteroatoms. The SMILES string of the molecule is CC1CN(CCCCNC(=O)CC2(CN)CCCCC2)CC(C)O1. The molecular formula is C19H37N3O2. The van der Waals surface area contributed by atoms with E-state index in [1.54, 1.807) is 0 Å². The first-order valence-corrected chi connectivity index (χ1v) is 9.87. The van der Waals surface area contributed by atoms with Gasteiger partial charge in [-0.25, -0.2) is 0 Å². The van der Waals surface area contributed by atoms with Crippen LogP contribution in [0.3, 0.4) is 0 Å². The van der Waals surface area contributed by atoms with E-state index in [0.717, 1.165) is 51.9 Å². The summed E-state index contributed by atoms with van der Waals surface area (Å²) in [6.45, 7) is 8.86. The molecule has 0 aromatic rings. The Morgan fingerprint density at radius 1 is 1.17 bits per heavy atom. The second-order valence-corrected chi connectivity index (χ2v) is 8.02. The predicted octanol–water partition coefficient (Wildman–Crippen LogP) is 2.29. The molecule has 2 rings (SSSR count). The smallest absolute Gasteiger partial charge is 0.220 e. The van der Waals surface area contributed by atoms with Crippen LogP contribution in [0.2, 0.25) is 0 Å². The maximum Gasteiger partial charge on any atom is 0.220 e. The highest BCUT2D eigenvalue weighted by Gasteiger charge is 2.32. The zero-order chi connectivity index (χ0) is 17.4. The van der Waals surface area contributed by atoms with Crippen molar-refractivity contribution >= 4 is 5.91 Å². The molecule has 1 heterocycles. The Kier molecular flexibility index (Phi) is 7.98. The lowest BCUT2D eigenvalue weighted by Gasteiger charge is -2.35. The van der Waals surface area contributed by atoms with Gasteiger partial charge in [0.25, 0.3) is 0 Å². The number of nitrogens with one attached hydrogen (secondary N) is 1. The third-order valence-electron chi connectivity index (χ3n) is 5.60. The molecule has 0 aromatic carbocycles. The fraction of sp³-hybridized carbons (Fsp3) is 0.947. The van der Waals surface area contributed by atoms with Crippen molar-refractivity contribution in [1.82, 2.24) is 10.2 Å². The predicted molar refractivity (Wildman–Crippen MR) is 97.9 cm³/mol. The molecule has 2 atom stereocenters. The zero-order valence-electron chi connectivity index (χ0n) is 15.7. The molecule has 24 heavy (non-hydrogen) atoms. The van der Waals surface area contributed by atoms with Crippen molar-refractivity contribution in [3.05, 3.63) is 0 Å². The van der Waals surface area contributed by atoms with Crippen LogP contribution < -0.4 is 11.1 Å². The van der Waals surface area contributed by atoms with Crippen molar-refractivity contribution in [2.75, 3.05) is 32.7 Å². The number of amides is 1. The standard InChI is InChI=1S/C19H37N3O2/c1-16-13-22(14-17(2)24-16)11-7-6-10-21-18(23)12-19(15-20)8-4-3-5-9-19/h16-17H,3-15,20H2,1-2H3,(H,21,23). The lowest BCUT2D eigenvalue weighted by atomic mass is 9.71. The number of nitrogens with zero attached hydrogens (tertiary/aromatic N) is 1. The van der Waals surface area contributed by atoms with E-state index in [1.807, 2.05) is 0 Å². The van der Waals surface area contributed by atoms with E-state index in [1.165, 1.54) is 19.3 Å². The van der Waals surface area contributed by atoms with Crippen molar-refractivity contribution in [1.29, 1.82) is 0 Å². The molecule has 140 valence electrons. The number of nitrogens with two attached hydrogens (primary N) is 1. The highest BCUT2D eigenvalue weighted by atomic mass is 16.5. The van der Waals surface area contributed by atoms with Gasteiger partial charge in [-0.1, -0.05) is 19.3 Å². The van der Waals surface area contributed by atoms with Gasteiger partial charge in [-0.05, 0) is 58.0 Å². The average molecular weight is 340 g/mol. The molecule has 0 radical (unpaired) electrons. The first kappa shape index (κ1) is 19.7. The average Bonchev–Trinajstić information content (AvgIpc) is 2.54. The van der Waals surface area contributed by atoms with Gasteiger partial charge in [0.05, 0.1) is 12.2 Å². The number of carbonyl (C=O) groups is 1. The minimum atomic E-state index is 0.0718. The number of unbranched alkanes of at least 4 members (excludes halogenated alkanes) is 1. The summed E-state index contributed by atoms with van der Waals surface area (Å²) in [6.07, 6.45) is 9.41. The molecule has 1 aliphatic carbocycles. The first-order chi connectivity index (χ1) is 11.5. The maximum absolute atomic E-state index is 12.2. The second-order valence-electron chi connectivity index (χ2n) is 8.02. The van der Waals surface area contributed by atoms with Gasteiger partial charge in [0, 0.05) is 26.1 Å². The van der Waals surface area contributed by atoms with E-state index in [0.29, 0.717) is 25.2 Å². The topological polar surface area (TPSA) is 67.6 Å². The van der Waals surface area contributed by atoms with Crippen molar-refractivity contribution in [3.8, 4) is 0 Å². The number of rotatable bonds is 8. The van der Waals surface area contributed by atoms with Gasteiger partial charge in [0.15, 0.2) is 0 Å². The van der Waals surface area contributed by atoms with Crippen molar-refractivity contribution in [3.63, 3.8) is 0 Å². The van der Waals surface area contributed by atoms with Crippen LogP contribution in [0.5, 0.6) is 0 Å². The summed E-state index contributed by atoms with van der Waals surface area (Å²) in [4.78, 5) is 14.7. The molecule has 0 spiro atoms. The monoisotopic (exact) mass is 339 g/mol. The highest BCUT2D eigenvalue weighted by Crippen LogP contribution is 2.38. The molecule has 1 aliphatic heterocycles. The van der Waals surface area contributed by atoms with E-state index in [-0.39, 0.29) is 11.3 Å². The number of hydrogen-bond acceptors (Lipinski definition) is 4. The normalized spacial score (nSPS) is 27.8. The molecule has 3 N–H and O–H groups in total. The molecule has 2 unspecified atom stereocenters. The van der Waals surface area contributed by atoms with Gasteiger partial charge >= 0.3 is 0 Å². The Morgan fingerprint density at radius 2 is 1.83 bits per heavy atom. The molecule has 5 nitrogen and oxygen atoms in total. The van der Waals surface area contributed by atoms with Gasteiger partial charge in [-0.2, -0.15) is 0 Å². The minimum Gasteiger partial charge on any atom is -0.373 e. The summed E-state index contributed by atoms with van der Waals surface area (Å²) >= 11 is 0. The summed E-state index contributed by atoms with van der Waals surface area (Å²) in [6, 6.07) is 0. The van der Waals surface area contributed by atoms with Crippen LogP contribution in [0.15, 0.2) is 0 Å². The van der Waals surface area contributed by atoms with Crippen LogP contribution in [0, 0.1) is 5.41 Å². The maximum atomic E-state index is 12.2. The van der Waals surface area contributed by atoms with Crippen molar-refractivity contribution in [2.24, 2.45) is 11.1 Å². The third kappa shape index (κ3) is 6.34. The van der Waals surface area contributed by atoms with E-state index < -0.39 is 0 Å². The Bertz CT molecular complexity index is 373. The number of morpholine rings is 1. The number of ether oxygens (including phenoxy) is 1. The van der Waals surface area contributed by atoms with Gasteiger partial charge in [-0.15, -0.1) is 0 Å². The largest absolute Gasteiger partial charge is 0.373 e. The molecule has 0 aromatic heterocycles. The third-order valence-corrected chi connectivity index (χ3v) is 5.60. The van der Waals surface area contributed by atoms with Crippen molar-refractivity contribution < 1.29 is 9.53 Å². The fourth-order valence-electron chi connectivity index (χ4n) is 4.31. The lowest BCUT2D eigenvalue weighted by Crippen LogP contribution is -2.45. The van der Waals surface area contributed by atoms with Crippen molar-refractivity contribution in [2.45, 2.75) is 77.4 Å². The molecule has 2 fully saturated rings. The molecular weight excluding hydrogens is 302 g/mol. The van der Waals surface area contributed by atoms with E-state index in [4.69, 9.17) is 10.5 Å². The summed E-state index contributed by atoms with van der Waals surface area (Å²) in [7, 11) is 0. The van der Waals surface area contributed by atoms with Gasteiger partial charge in [-0.3, -0.25) is 9.69 Å². The lowest BCUT2D eigenvalue weighted by molar-refractivity contribution is -0.123. The second kappa shape index (κ2) is 9.73. The summed E-state index contributed by atoms with van der Waals surface area (Å²) in [5, 5.41) is 3.11. The van der Waals surface area contributed by atoms with Crippen LogP contribution >= 0.6 is 0 Å². The molecule has 1 saturated carbocycles. The minimum absolute atomic E-state index is 0.0718. The van der Waals surface area contributed by atoms with Crippen LogP contribution in [-0.4, -0.2) is 55.7 Å². The van der Waals surface area contributed by atoms with E-state index in [2.05, 4.69) is 24.1 Å². The number of carbonyl (C=O) groups excluding carboxylic acids is 1. The fourth-order valence-corrected chi connectivity index (χ4v) is 4.31. The molecule has 1 saturated heterocycles. The van der Waals surface area contributed by atoms with Gasteiger partial charge in [0.1, 0.15) is 0 Å². The van der Waals surface area contributed by atoms with E-state index in [9.17, 15) is 4.79 Å². The summed E-state index contributed by atoms with van der Waals surface area (Å²) in [5.41, 5.74) is 6.04. The zero-order valence-corrected chi connectivity index (χ0v) is 15.7. The first-order valence-electron chi connectivity index (χ1n) is 9.87. The van der Waals surface area contributed by atoms with E-state index >= 15 is 0 Å². The van der Waals surface area contributed by atoms with Crippen LogP contribution in [0.25, 0.3) is 0 Å². The summed E-state index contributed by atoms with van der Waals surface area (Å²) in [5.74, 6) is 0.191. The van der Waals surface area contributed by atoms with Crippen LogP contribution in [0.1, 0.15) is 65.2 Å². The highest BCUT2D eigenvalue weighted by molar-refractivity contribution is 5.76. The van der Waals surface area contributed by atoms with Gasteiger partial charge < -0.3 is 15.8 Å². The Labute approximate surface area is 147 Å². The molecule has 0 bridgehead atoms. The Hall–Kier alpha value is -0.650. The number of hydrogen-bond donors (Lipinski definition) is 2.